The van der Waals surface area contributed by atoms with Gasteiger partial charge in [-0.15, -0.1) is 11.3 Å². The van der Waals surface area contributed by atoms with Crippen LogP contribution in [0, 0.1) is 6.92 Å². The topological polar surface area (TPSA) is 75.5 Å². The minimum Gasteiger partial charge on any atom is -0.487 e. The van der Waals surface area contributed by atoms with E-state index in [0.29, 0.717) is 10.8 Å². The summed E-state index contributed by atoms with van der Waals surface area (Å²) in [5.41, 5.74) is 9.12. The van der Waals surface area contributed by atoms with Crippen LogP contribution in [0.1, 0.15) is 37.5 Å². The van der Waals surface area contributed by atoms with Crippen LogP contribution in [0.25, 0.3) is 43.2 Å². The minimum absolute atomic E-state index is 0.116. The average molecular weight is 598 g/mol. The van der Waals surface area contributed by atoms with E-state index in [9.17, 15) is 9.90 Å². The predicted octanol–water partition coefficient (Wildman–Crippen LogP) is 8.45. The van der Waals surface area contributed by atoms with E-state index >= 15 is 0 Å². The van der Waals surface area contributed by atoms with E-state index in [1.807, 2.05) is 58.2 Å². The number of rotatable bonds is 6. The fourth-order valence-corrected chi connectivity index (χ4v) is 6.88. The maximum atomic E-state index is 12.0. The van der Waals surface area contributed by atoms with Crippen LogP contribution < -0.4 is 9.64 Å². The van der Waals surface area contributed by atoms with Crippen molar-refractivity contribution in [3.8, 4) is 38.7 Å². The number of thiazole rings is 1. The van der Waals surface area contributed by atoms with Gasteiger partial charge in [0.1, 0.15) is 16.4 Å². The number of aryl methyl sites for hydroxylation is 1. The quantitative estimate of drug-likeness (QED) is 0.212. The second-order valence-electron chi connectivity index (χ2n) is 11.8. The fraction of sp³-hybridized carbons (Fsp3) is 0.265. The average Bonchev–Trinajstić information content (AvgIpc) is 3.52. The summed E-state index contributed by atoms with van der Waals surface area (Å²) in [5.74, 6) is -0.285. The molecule has 3 heterocycles. The SMILES string of the molecule is Cc1cc2nc(-c3ccnc(-c4ccc5c(c4)CCN5C)c3)sc2c(-c2ccc(Cl)cc2OC(C)(C)C)c1CC(=O)O. The molecule has 214 valence electrons. The summed E-state index contributed by atoms with van der Waals surface area (Å²) in [6.45, 7) is 8.91. The Bertz CT molecular complexity index is 1860. The van der Waals surface area contributed by atoms with Gasteiger partial charge in [0.25, 0.3) is 0 Å². The Morgan fingerprint density at radius 1 is 1.10 bits per heavy atom. The molecule has 1 N–H and O–H groups in total. The third-order valence-electron chi connectivity index (χ3n) is 7.48. The van der Waals surface area contributed by atoms with Gasteiger partial charge in [-0.3, -0.25) is 9.78 Å². The normalized spacial score (nSPS) is 13.0. The highest BCUT2D eigenvalue weighted by molar-refractivity contribution is 7.22. The van der Waals surface area contributed by atoms with E-state index in [4.69, 9.17) is 21.3 Å². The molecule has 0 unspecified atom stereocenters. The number of ether oxygens (including phenoxy) is 1. The Hall–Kier alpha value is -3.94. The second-order valence-corrected chi connectivity index (χ2v) is 13.2. The molecule has 6 nitrogen and oxygen atoms in total. The number of nitrogens with zero attached hydrogens (tertiary/aromatic N) is 3. The van der Waals surface area contributed by atoms with Crippen LogP contribution in [0.3, 0.4) is 0 Å². The first-order valence-corrected chi connectivity index (χ1v) is 15.1. The number of anilines is 1. The molecule has 0 atom stereocenters. The molecule has 0 radical (unpaired) electrons. The van der Waals surface area contributed by atoms with E-state index < -0.39 is 11.6 Å². The van der Waals surface area contributed by atoms with E-state index in [1.54, 1.807) is 17.4 Å². The molecule has 1 aliphatic heterocycles. The van der Waals surface area contributed by atoms with Crippen molar-refractivity contribution in [1.29, 1.82) is 0 Å². The van der Waals surface area contributed by atoms with Crippen molar-refractivity contribution in [2.24, 2.45) is 0 Å². The summed E-state index contributed by atoms with van der Waals surface area (Å²) in [7, 11) is 2.12. The highest BCUT2D eigenvalue weighted by Gasteiger charge is 2.24. The van der Waals surface area contributed by atoms with Crippen LogP contribution in [0.5, 0.6) is 5.75 Å². The number of likely N-dealkylation sites (N-methyl/N-ethyl adjacent to an activating group) is 1. The first-order valence-electron chi connectivity index (χ1n) is 13.9. The van der Waals surface area contributed by atoms with Gasteiger partial charge in [-0.05, 0) is 99.3 Å². The van der Waals surface area contributed by atoms with Crippen LogP contribution in [0.2, 0.25) is 5.02 Å². The molecule has 42 heavy (non-hydrogen) atoms. The van der Waals surface area contributed by atoms with Gasteiger partial charge in [-0.25, -0.2) is 4.98 Å². The lowest BCUT2D eigenvalue weighted by atomic mass is 9.92. The van der Waals surface area contributed by atoms with Crippen molar-refractivity contribution in [2.45, 2.75) is 46.1 Å². The fourth-order valence-electron chi connectivity index (χ4n) is 5.59. The maximum Gasteiger partial charge on any atom is 0.307 e. The molecular weight excluding hydrogens is 566 g/mol. The number of hydrogen-bond donors (Lipinski definition) is 1. The molecule has 1 aliphatic rings. The van der Waals surface area contributed by atoms with Gasteiger partial charge < -0.3 is 14.7 Å². The van der Waals surface area contributed by atoms with Gasteiger partial charge in [0, 0.05) is 52.8 Å². The molecule has 0 saturated carbocycles. The van der Waals surface area contributed by atoms with Gasteiger partial charge >= 0.3 is 5.97 Å². The van der Waals surface area contributed by atoms with Crippen LogP contribution >= 0.6 is 22.9 Å². The molecule has 0 spiro atoms. The third-order valence-corrected chi connectivity index (χ3v) is 8.85. The summed E-state index contributed by atoms with van der Waals surface area (Å²) >= 11 is 7.95. The van der Waals surface area contributed by atoms with Crippen LogP contribution in [0.15, 0.2) is 60.8 Å². The monoisotopic (exact) mass is 597 g/mol. The van der Waals surface area contributed by atoms with E-state index in [0.717, 1.165) is 67.3 Å². The standard InChI is InChI=1S/C34H32ClN3O3S/c1-19-14-27-32(31(25(19)18-30(39)40)24-8-7-23(35)17-29(24)41-34(2,3)4)42-33(37-27)22-10-12-36-26(16-22)20-6-9-28-21(15-20)11-13-38(28)5/h6-10,12,14-17H,11,13,18H2,1-5H3,(H,39,40). The Balaban J connectivity index is 1.51. The number of carboxylic acids is 1. The van der Waals surface area contributed by atoms with Crippen molar-refractivity contribution >= 4 is 44.8 Å². The van der Waals surface area contributed by atoms with Crippen LogP contribution in [-0.2, 0) is 17.6 Å². The molecule has 0 fully saturated rings. The maximum absolute atomic E-state index is 12.0. The summed E-state index contributed by atoms with van der Waals surface area (Å²) in [6, 6.07) is 18.1. The number of carbonyl (C=O) groups is 1. The first kappa shape index (κ1) is 28.2. The summed E-state index contributed by atoms with van der Waals surface area (Å²) in [5, 5.41) is 11.2. The van der Waals surface area contributed by atoms with Crippen molar-refractivity contribution in [2.75, 3.05) is 18.5 Å². The zero-order chi connectivity index (χ0) is 29.8. The van der Waals surface area contributed by atoms with Crippen LogP contribution in [-0.4, -0.2) is 40.2 Å². The number of carboxylic acid groups (broad SMARTS) is 1. The highest BCUT2D eigenvalue weighted by Crippen LogP contribution is 2.45. The third kappa shape index (κ3) is 5.46. The van der Waals surface area contributed by atoms with Crippen molar-refractivity contribution in [3.05, 3.63) is 82.5 Å². The van der Waals surface area contributed by atoms with Gasteiger partial charge in [-0.2, -0.15) is 0 Å². The molecule has 0 bridgehead atoms. The molecule has 2 aromatic heterocycles. The molecule has 3 aromatic carbocycles. The summed E-state index contributed by atoms with van der Waals surface area (Å²) < 4.78 is 7.26. The number of pyridine rings is 1. The predicted molar refractivity (Wildman–Crippen MR) is 172 cm³/mol. The van der Waals surface area contributed by atoms with Crippen molar-refractivity contribution in [1.82, 2.24) is 9.97 Å². The first-order chi connectivity index (χ1) is 20.0. The molecule has 5 aromatic rings. The number of halogens is 1. The van der Waals surface area contributed by atoms with Gasteiger partial charge in [0.15, 0.2) is 0 Å². The molecule has 6 rings (SSSR count). The molecule has 0 amide bonds. The smallest absolute Gasteiger partial charge is 0.307 e. The minimum atomic E-state index is -0.894. The van der Waals surface area contributed by atoms with E-state index in [-0.39, 0.29) is 6.42 Å². The number of aliphatic carboxylic acids is 1. The number of fused-ring (bicyclic) bond motifs is 2. The molecule has 0 aliphatic carbocycles. The van der Waals surface area contributed by atoms with Crippen molar-refractivity contribution in [3.63, 3.8) is 0 Å². The lowest BCUT2D eigenvalue weighted by Crippen LogP contribution is -2.23. The lowest BCUT2D eigenvalue weighted by Gasteiger charge is -2.24. The van der Waals surface area contributed by atoms with Gasteiger partial charge in [0.2, 0.25) is 0 Å². The lowest BCUT2D eigenvalue weighted by molar-refractivity contribution is -0.136. The summed E-state index contributed by atoms with van der Waals surface area (Å²) in [6.07, 6.45) is 2.74. The Labute approximate surface area is 254 Å². The Kier molecular flexibility index (Phi) is 7.19. The Morgan fingerprint density at radius 2 is 1.90 bits per heavy atom. The number of hydrogen-bond acceptors (Lipinski definition) is 6. The van der Waals surface area contributed by atoms with Crippen LogP contribution in [0.4, 0.5) is 5.69 Å². The number of aromatic nitrogens is 2. The zero-order valence-corrected chi connectivity index (χ0v) is 25.9. The van der Waals surface area contributed by atoms with E-state index in [2.05, 4.69) is 41.2 Å². The van der Waals surface area contributed by atoms with E-state index in [1.165, 1.54) is 11.3 Å². The zero-order valence-electron chi connectivity index (χ0n) is 24.3. The molecular formula is C34H32ClN3O3S. The second kappa shape index (κ2) is 10.7. The molecule has 0 saturated heterocycles. The van der Waals surface area contributed by atoms with Gasteiger partial charge in [0.05, 0.1) is 22.3 Å². The Morgan fingerprint density at radius 3 is 2.67 bits per heavy atom. The summed E-state index contributed by atoms with van der Waals surface area (Å²) in [4.78, 5) is 24.0. The largest absolute Gasteiger partial charge is 0.487 e. The number of benzene rings is 3. The highest BCUT2D eigenvalue weighted by atomic mass is 35.5. The van der Waals surface area contributed by atoms with Gasteiger partial charge in [-0.1, -0.05) is 17.7 Å². The van der Waals surface area contributed by atoms with Crippen molar-refractivity contribution < 1.29 is 14.6 Å². The molecule has 8 heteroatoms.